The second-order valence-corrected chi connectivity index (χ2v) is 4.46. The van der Waals surface area contributed by atoms with Crippen molar-refractivity contribution in [1.29, 1.82) is 0 Å². The van der Waals surface area contributed by atoms with E-state index in [-0.39, 0.29) is 12.6 Å². The van der Waals surface area contributed by atoms with Crippen LogP contribution in [0.25, 0.3) is 10.9 Å². The van der Waals surface area contributed by atoms with Gasteiger partial charge in [0, 0.05) is 17.1 Å². The van der Waals surface area contributed by atoms with Gasteiger partial charge in [0.1, 0.15) is 17.9 Å². The highest BCUT2D eigenvalue weighted by Gasteiger charge is 2.13. The molecule has 2 heterocycles. The Kier molecular flexibility index (Phi) is 3.21. The van der Waals surface area contributed by atoms with Gasteiger partial charge in [-0.15, -0.1) is 0 Å². The molecule has 0 atom stereocenters. The molecule has 0 spiro atoms. The molecule has 0 aliphatic heterocycles. The van der Waals surface area contributed by atoms with Crippen LogP contribution in [0, 0.1) is 6.92 Å². The summed E-state index contributed by atoms with van der Waals surface area (Å²) in [4.78, 5) is 16.3. The summed E-state index contributed by atoms with van der Waals surface area (Å²) in [5.41, 5.74) is 2.20. The van der Waals surface area contributed by atoms with Crippen LogP contribution < -0.4 is 0 Å². The Bertz CT molecular complexity index is 756. The first kappa shape index (κ1) is 12.4. The Hall–Kier alpha value is -2.62. The maximum absolute atomic E-state index is 11.9. The topological polar surface area (TPSA) is 52.3 Å². The number of pyridine rings is 1. The average Bonchev–Trinajstić information content (AvgIpc) is 2.91. The van der Waals surface area contributed by atoms with E-state index in [1.165, 1.54) is 6.26 Å². The Morgan fingerprint density at radius 1 is 1.25 bits per heavy atom. The first-order valence-electron chi connectivity index (χ1n) is 6.29. The van der Waals surface area contributed by atoms with E-state index < -0.39 is 0 Å². The number of esters is 1. The van der Waals surface area contributed by atoms with Crippen LogP contribution in [0.15, 0.2) is 53.3 Å². The number of hydrogen-bond donors (Lipinski definition) is 0. The molecule has 20 heavy (non-hydrogen) atoms. The van der Waals surface area contributed by atoms with Crippen molar-refractivity contribution in [1.82, 2.24) is 4.98 Å². The summed E-state index contributed by atoms with van der Waals surface area (Å²) in [7, 11) is 0. The van der Waals surface area contributed by atoms with Crippen LogP contribution in [0.1, 0.15) is 21.7 Å². The van der Waals surface area contributed by atoms with E-state index in [1.54, 1.807) is 19.2 Å². The van der Waals surface area contributed by atoms with Gasteiger partial charge >= 0.3 is 5.97 Å². The van der Waals surface area contributed by atoms with Crippen molar-refractivity contribution in [2.45, 2.75) is 13.5 Å². The first-order chi connectivity index (χ1) is 9.75. The van der Waals surface area contributed by atoms with E-state index in [4.69, 9.17) is 9.15 Å². The van der Waals surface area contributed by atoms with Gasteiger partial charge in [-0.2, -0.15) is 0 Å². The summed E-state index contributed by atoms with van der Waals surface area (Å²) in [6.07, 6.45) is 3.21. The van der Waals surface area contributed by atoms with Crippen molar-refractivity contribution in [3.63, 3.8) is 0 Å². The predicted molar refractivity (Wildman–Crippen MR) is 74.3 cm³/mol. The largest absolute Gasteiger partial charge is 0.469 e. The monoisotopic (exact) mass is 267 g/mol. The minimum absolute atomic E-state index is 0.192. The minimum atomic E-state index is -0.385. The Morgan fingerprint density at radius 2 is 2.10 bits per heavy atom. The average molecular weight is 267 g/mol. The number of nitrogens with zero attached hydrogens (tertiary/aromatic N) is 1. The molecule has 0 N–H and O–H groups in total. The van der Waals surface area contributed by atoms with E-state index in [0.717, 1.165) is 16.5 Å². The third kappa shape index (κ3) is 2.28. The van der Waals surface area contributed by atoms with Gasteiger partial charge in [0.15, 0.2) is 0 Å². The highest BCUT2D eigenvalue weighted by Crippen LogP contribution is 2.18. The summed E-state index contributed by atoms with van der Waals surface area (Å²) < 4.78 is 10.4. The lowest BCUT2D eigenvalue weighted by molar-refractivity contribution is 0.0472. The van der Waals surface area contributed by atoms with Crippen LogP contribution in [-0.4, -0.2) is 11.0 Å². The molecular formula is C16H13NO3. The third-order valence-corrected chi connectivity index (χ3v) is 3.15. The van der Waals surface area contributed by atoms with Crippen LogP contribution >= 0.6 is 0 Å². The van der Waals surface area contributed by atoms with Gasteiger partial charge < -0.3 is 9.15 Å². The molecule has 0 aliphatic carbocycles. The van der Waals surface area contributed by atoms with E-state index in [2.05, 4.69) is 4.98 Å². The number of benzene rings is 1. The molecule has 0 amide bonds. The summed E-state index contributed by atoms with van der Waals surface area (Å²) >= 11 is 0. The van der Waals surface area contributed by atoms with Crippen molar-refractivity contribution in [2.75, 3.05) is 0 Å². The maximum Gasteiger partial charge on any atom is 0.342 e. The van der Waals surface area contributed by atoms with E-state index in [0.29, 0.717) is 11.3 Å². The number of aromatic nitrogens is 1. The highest BCUT2D eigenvalue weighted by atomic mass is 16.5. The number of ether oxygens (including phenoxy) is 1. The molecule has 2 aromatic heterocycles. The molecular weight excluding hydrogens is 254 g/mol. The van der Waals surface area contributed by atoms with Crippen molar-refractivity contribution in [2.24, 2.45) is 0 Å². The molecule has 3 aromatic rings. The summed E-state index contributed by atoms with van der Waals surface area (Å²) in [5, 5.41) is 1.03. The van der Waals surface area contributed by atoms with Crippen molar-refractivity contribution < 1.29 is 13.9 Å². The lowest BCUT2D eigenvalue weighted by atomic mass is 10.1. The molecule has 0 saturated heterocycles. The van der Waals surface area contributed by atoms with Crippen molar-refractivity contribution in [3.8, 4) is 0 Å². The first-order valence-corrected chi connectivity index (χ1v) is 6.29. The highest BCUT2D eigenvalue weighted by molar-refractivity contribution is 5.90. The molecule has 4 nitrogen and oxygen atoms in total. The second kappa shape index (κ2) is 5.17. The van der Waals surface area contributed by atoms with E-state index in [9.17, 15) is 4.79 Å². The van der Waals surface area contributed by atoms with Gasteiger partial charge in [0.2, 0.25) is 0 Å². The fraction of sp³-hybridized carbons (Fsp3) is 0.125. The predicted octanol–water partition coefficient (Wildman–Crippen LogP) is 3.49. The molecule has 4 heteroatoms. The lowest BCUT2D eigenvalue weighted by Crippen LogP contribution is -2.06. The molecule has 0 saturated carbocycles. The molecule has 0 fully saturated rings. The van der Waals surface area contributed by atoms with Gasteiger partial charge in [-0.3, -0.25) is 4.98 Å². The molecule has 0 aliphatic rings. The van der Waals surface area contributed by atoms with Crippen LogP contribution in [0.4, 0.5) is 0 Å². The summed E-state index contributed by atoms with van der Waals surface area (Å²) in [6.45, 7) is 1.92. The van der Waals surface area contributed by atoms with Gasteiger partial charge in [-0.1, -0.05) is 24.3 Å². The quantitative estimate of drug-likeness (QED) is 0.681. The second-order valence-electron chi connectivity index (χ2n) is 4.46. The molecule has 3 rings (SSSR count). The number of carbonyl (C=O) groups excluding carboxylic acids is 1. The number of aryl methyl sites for hydroxylation is 1. The third-order valence-electron chi connectivity index (χ3n) is 3.15. The van der Waals surface area contributed by atoms with Crippen LogP contribution in [0.5, 0.6) is 0 Å². The number of carbonyl (C=O) groups is 1. The molecule has 100 valence electrons. The van der Waals surface area contributed by atoms with Gasteiger partial charge in [-0.25, -0.2) is 4.79 Å². The molecule has 0 unspecified atom stereocenters. The standard InChI is InChI=1S/C16H13NO3/c1-11-14(7-9-19-11)16(18)20-10-13-5-2-4-12-6-3-8-17-15(12)13/h2-9H,10H2,1H3. The summed E-state index contributed by atoms with van der Waals surface area (Å²) in [6, 6.07) is 11.3. The number of para-hydroxylation sites is 1. The van der Waals surface area contributed by atoms with Crippen LogP contribution in [0.2, 0.25) is 0 Å². The molecule has 0 bridgehead atoms. The number of fused-ring (bicyclic) bond motifs is 1. The zero-order valence-electron chi connectivity index (χ0n) is 11.0. The Morgan fingerprint density at radius 3 is 2.90 bits per heavy atom. The van der Waals surface area contributed by atoms with Crippen molar-refractivity contribution >= 4 is 16.9 Å². The normalized spacial score (nSPS) is 10.7. The molecule has 1 aromatic carbocycles. The number of hydrogen-bond acceptors (Lipinski definition) is 4. The fourth-order valence-corrected chi connectivity index (χ4v) is 2.10. The summed E-state index contributed by atoms with van der Waals surface area (Å²) in [5.74, 6) is 0.176. The molecule has 0 radical (unpaired) electrons. The van der Waals surface area contributed by atoms with Gasteiger partial charge in [0.25, 0.3) is 0 Å². The number of rotatable bonds is 3. The van der Waals surface area contributed by atoms with Crippen LogP contribution in [-0.2, 0) is 11.3 Å². The maximum atomic E-state index is 11.9. The fourth-order valence-electron chi connectivity index (χ4n) is 2.10. The van der Waals surface area contributed by atoms with Crippen molar-refractivity contribution in [3.05, 3.63) is 65.7 Å². The minimum Gasteiger partial charge on any atom is -0.469 e. The lowest BCUT2D eigenvalue weighted by Gasteiger charge is -2.06. The van der Waals surface area contributed by atoms with E-state index >= 15 is 0 Å². The Labute approximate surface area is 116 Å². The zero-order valence-corrected chi connectivity index (χ0v) is 11.0. The zero-order chi connectivity index (χ0) is 13.9. The van der Waals surface area contributed by atoms with E-state index in [1.807, 2.05) is 30.3 Å². The number of furan rings is 1. The smallest absolute Gasteiger partial charge is 0.342 e. The van der Waals surface area contributed by atoms with Gasteiger partial charge in [-0.05, 0) is 19.1 Å². The SMILES string of the molecule is Cc1occc1C(=O)OCc1cccc2cccnc12. The van der Waals surface area contributed by atoms with Gasteiger partial charge in [0.05, 0.1) is 11.8 Å². The Balaban J connectivity index is 1.81. The van der Waals surface area contributed by atoms with Crippen LogP contribution in [0.3, 0.4) is 0 Å².